The zero-order valence-electron chi connectivity index (χ0n) is 9.80. The van der Waals surface area contributed by atoms with E-state index in [1.54, 1.807) is 11.8 Å². The average molecular weight is 284 g/mol. The summed E-state index contributed by atoms with van der Waals surface area (Å²) < 4.78 is 32.6. The summed E-state index contributed by atoms with van der Waals surface area (Å²) in [6, 6.07) is 0. The van der Waals surface area contributed by atoms with Crippen LogP contribution in [-0.2, 0) is 14.9 Å². The number of hydrogen-bond donors (Lipinski definition) is 2. The van der Waals surface area contributed by atoms with Crippen molar-refractivity contribution in [1.29, 1.82) is 0 Å². The van der Waals surface area contributed by atoms with Gasteiger partial charge in [0.15, 0.2) is 0 Å². The maximum Gasteiger partial charge on any atom is 0.279 e. The Morgan fingerprint density at radius 3 is 2.65 bits per heavy atom. The van der Waals surface area contributed by atoms with Gasteiger partial charge in [0.25, 0.3) is 10.2 Å². The lowest BCUT2D eigenvalue weighted by Gasteiger charge is -2.26. The van der Waals surface area contributed by atoms with Crippen LogP contribution in [0.4, 0.5) is 0 Å². The topological polar surface area (TPSA) is 78.9 Å². The Kier molecular flexibility index (Phi) is 7.40. The van der Waals surface area contributed by atoms with Crippen LogP contribution in [0.2, 0.25) is 0 Å². The fourth-order valence-electron chi connectivity index (χ4n) is 1.39. The summed E-state index contributed by atoms with van der Waals surface area (Å²) in [5.41, 5.74) is 0. The maximum atomic E-state index is 11.8. The third-order valence-corrected chi connectivity index (χ3v) is 4.97. The molecule has 6 nitrogen and oxygen atoms in total. The number of aliphatic hydroxyl groups is 1. The Morgan fingerprint density at radius 2 is 2.00 bits per heavy atom. The molecule has 0 aliphatic carbocycles. The fraction of sp³-hybridized carbons (Fsp3) is 1.00. The third-order valence-electron chi connectivity index (χ3n) is 2.29. The quantitative estimate of drug-likeness (QED) is 0.575. The number of ether oxygens (including phenoxy) is 1. The molecular weight excluding hydrogens is 264 g/mol. The minimum absolute atomic E-state index is 0.187. The van der Waals surface area contributed by atoms with Gasteiger partial charge < -0.3 is 9.84 Å². The summed E-state index contributed by atoms with van der Waals surface area (Å²) in [5.74, 6) is 1.58. The van der Waals surface area contributed by atoms with Crippen LogP contribution in [0.15, 0.2) is 0 Å². The van der Waals surface area contributed by atoms with Gasteiger partial charge in [-0.1, -0.05) is 0 Å². The minimum Gasteiger partial charge on any atom is -0.396 e. The highest BCUT2D eigenvalue weighted by Gasteiger charge is 2.23. The van der Waals surface area contributed by atoms with Crippen LogP contribution in [0.25, 0.3) is 0 Å². The van der Waals surface area contributed by atoms with Gasteiger partial charge in [0.05, 0.1) is 13.2 Å². The smallest absolute Gasteiger partial charge is 0.279 e. The van der Waals surface area contributed by atoms with Crippen molar-refractivity contribution in [2.24, 2.45) is 0 Å². The Balaban J connectivity index is 2.15. The van der Waals surface area contributed by atoms with E-state index in [-0.39, 0.29) is 6.61 Å². The summed E-state index contributed by atoms with van der Waals surface area (Å²) in [5, 5.41) is 8.58. The molecule has 17 heavy (non-hydrogen) atoms. The van der Waals surface area contributed by atoms with Crippen LogP contribution in [0.5, 0.6) is 0 Å². The van der Waals surface area contributed by atoms with Gasteiger partial charge in [-0.3, -0.25) is 0 Å². The zero-order valence-corrected chi connectivity index (χ0v) is 11.4. The highest BCUT2D eigenvalue weighted by atomic mass is 32.2. The van der Waals surface area contributed by atoms with Crippen LogP contribution in [0, 0.1) is 0 Å². The van der Waals surface area contributed by atoms with E-state index in [4.69, 9.17) is 9.84 Å². The molecule has 1 aliphatic heterocycles. The van der Waals surface area contributed by atoms with E-state index in [1.807, 2.05) is 0 Å². The molecule has 8 heteroatoms. The minimum atomic E-state index is -3.34. The maximum absolute atomic E-state index is 11.8. The van der Waals surface area contributed by atoms with Crippen molar-refractivity contribution in [1.82, 2.24) is 9.03 Å². The molecule has 1 heterocycles. The van der Waals surface area contributed by atoms with Crippen molar-refractivity contribution in [3.05, 3.63) is 0 Å². The lowest BCUT2D eigenvalue weighted by atomic mass is 10.5. The molecule has 0 radical (unpaired) electrons. The molecular formula is C9H20N2O4S2. The van der Waals surface area contributed by atoms with E-state index < -0.39 is 10.2 Å². The monoisotopic (exact) mass is 284 g/mol. The second-order valence-electron chi connectivity index (χ2n) is 3.60. The number of morpholine rings is 1. The molecule has 0 spiro atoms. The van der Waals surface area contributed by atoms with Crippen LogP contribution >= 0.6 is 11.8 Å². The number of rotatable bonds is 8. The van der Waals surface area contributed by atoms with Gasteiger partial charge in [-0.15, -0.1) is 0 Å². The van der Waals surface area contributed by atoms with E-state index >= 15 is 0 Å². The molecule has 0 aromatic heterocycles. The van der Waals surface area contributed by atoms with Crippen molar-refractivity contribution in [2.45, 2.75) is 6.42 Å². The van der Waals surface area contributed by atoms with Crippen LogP contribution < -0.4 is 4.72 Å². The summed E-state index contributed by atoms with van der Waals surface area (Å²) in [6.07, 6.45) is 0.751. The molecule has 0 saturated carbocycles. The number of aliphatic hydroxyl groups excluding tert-OH is 1. The van der Waals surface area contributed by atoms with E-state index in [1.165, 1.54) is 4.31 Å². The third kappa shape index (κ3) is 6.03. The second-order valence-corrected chi connectivity index (χ2v) is 6.58. The van der Waals surface area contributed by atoms with Crippen molar-refractivity contribution < 1.29 is 18.3 Å². The van der Waals surface area contributed by atoms with Gasteiger partial charge in [0.2, 0.25) is 0 Å². The number of nitrogens with one attached hydrogen (secondary N) is 1. The molecule has 0 atom stereocenters. The van der Waals surface area contributed by atoms with E-state index in [9.17, 15) is 8.42 Å². The van der Waals surface area contributed by atoms with Gasteiger partial charge in [0, 0.05) is 32.0 Å². The average Bonchev–Trinajstić information content (AvgIpc) is 2.35. The summed E-state index contributed by atoms with van der Waals surface area (Å²) >= 11 is 1.64. The molecule has 1 fully saturated rings. The van der Waals surface area contributed by atoms with Crippen molar-refractivity contribution in [2.75, 3.05) is 51.0 Å². The summed E-state index contributed by atoms with van der Waals surface area (Å²) in [7, 11) is -3.34. The van der Waals surface area contributed by atoms with Crippen LogP contribution in [0.3, 0.4) is 0 Å². The van der Waals surface area contributed by atoms with E-state index in [0.29, 0.717) is 32.8 Å². The summed E-state index contributed by atoms with van der Waals surface area (Å²) in [6.45, 7) is 2.39. The molecule has 1 rings (SSSR count). The van der Waals surface area contributed by atoms with Gasteiger partial charge in [-0.25, -0.2) is 4.72 Å². The van der Waals surface area contributed by atoms with Gasteiger partial charge in [-0.05, 0) is 12.2 Å². The molecule has 102 valence electrons. The highest BCUT2D eigenvalue weighted by Crippen LogP contribution is 2.04. The van der Waals surface area contributed by atoms with Gasteiger partial charge in [-0.2, -0.15) is 24.5 Å². The van der Waals surface area contributed by atoms with Gasteiger partial charge in [0.1, 0.15) is 0 Å². The Labute approximate surface area is 107 Å². The first-order valence-electron chi connectivity index (χ1n) is 5.68. The number of nitrogens with zero attached hydrogens (tertiary/aromatic N) is 1. The number of thioether (sulfide) groups is 1. The molecule has 0 aromatic rings. The molecule has 1 saturated heterocycles. The first kappa shape index (κ1) is 15.2. The lowest BCUT2D eigenvalue weighted by molar-refractivity contribution is 0.0725. The van der Waals surface area contributed by atoms with Crippen LogP contribution in [0.1, 0.15) is 6.42 Å². The fourth-order valence-corrected chi connectivity index (χ4v) is 3.48. The Hall–Kier alpha value is 0.140. The molecule has 0 bridgehead atoms. The molecule has 0 aromatic carbocycles. The number of hydrogen-bond acceptors (Lipinski definition) is 5. The first-order valence-corrected chi connectivity index (χ1v) is 8.27. The normalized spacial score (nSPS) is 18.4. The standard InChI is InChI=1S/C9H20N2O4S2/c12-5-1-8-16-9-2-10-17(13,14)11-3-6-15-7-4-11/h10,12H,1-9H2. The molecule has 2 N–H and O–H groups in total. The predicted octanol–water partition coefficient (Wildman–Crippen LogP) is -0.731. The van der Waals surface area contributed by atoms with Crippen molar-refractivity contribution in [3.63, 3.8) is 0 Å². The SMILES string of the molecule is O=S(=O)(NCCSCCCO)N1CCOCC1. The molecule has 0 unspecified atom stereocenters. The van der Waals surface area contributed by atoms with E-state index in [0.717, 1.165) is 17.9 Å². The predicted molar refractivity (Wildman–Crippen MR) is 68.3 cm³/mol. The first-order chi connectivity index (χ1) is 8.17. The molecule has 1 aliphatic rings. The summed E-state index contributed by atoms with van der Waals surface area (Å²) in [4.78, 5) is 0. The molecule has 0 amide bonds. The van der Waals surface area contributed by atoms with E-state index in [2.05, 4.69) is 4.72 Å². The largest absolute Gasteiger partial charge is 0.396 e. The zero-order chi connectivity index (χ0) is 12.6. The Bertz CT molecular complexity index is 291. The highest BCUT2D eigenvalue weighted by molar-refractivity contribution is 7.99. The van der Waals surface area contributed by atoms with Gasteiger partial charge >= 0.3 is 0 Å². The van der Waals surface area contributed by atoms with Crippen molar-refractivity contribution >= 4 is 22.0 Å². The van der Waals surface area contributed by atoms with Crippen LogP contribution in [-0.4, -0.2) is 68.8 Å². The Morgan fingerprint density at radius 1 is 1.29 bits per heavy atom. The lowest BCUT2D eigenvalue weighted by Crippen LogP contribution is -2.47. The second kappa shape index (κ2) is 8.28. The van der Waals surface area contributed by atoms with Crippen molar-refractivity contribution in [3.8, 4) is 0 Å².